The maximum atomic E-state index is 9.37. The number of hydrogen-bond donors (Lipinski definition) is 1. The van der Waals surface area contributed by atoms with Gasteiger partial charge in [0.05, 0.1) is 6.61 Å². The first-order chi connectivity index (χ1) is 8.69. The summed E-state index contributed by atoms with van der Waals surface area (Å²) in [6.45, 7) is 4.39. The van der Waals surface area contributed by atoms with Crippen LogP contribution in [-0.2, 0) is 6.61 Å². The van der Waals surface area contributed by atoms with Crippen LogP contribution in [0.15, 0.2) is 30.5 Å². The Kier molecular flexibility index (Phi) is 3.82. The Bertz CT molecular complexity index is 539. The van der Waals surface area contributed by atoms with Crippen LogP contribution in [0, 0.1) is 0 Å². The lowest BCUT2D eigenvalue weighted by Gasteiger charge is -2.26. The summed E-state index contributed by atoms with van der Waals surface area (Å²) in [6.07, 6.45) is 2.85. The van der Waals surface area contributed by atoms with Gasteiger partial charge >= 0.3 is 0 Å². The zero-order valence-electron chi connectivity index (χ0n) is 11.2. The first-order valence-corrected chi connectivity index (χ1v) is 6.39. The highest BCUT2D eigenvalue weighted by Crippen LogP contribution is 2.27. The average molecular weight is 244 g/mol. The molecular weight excluding hydrogens is 224 g/mol. The second kappa shape index (κ2) is 5.36. The predicted octanol–water partition coefficient (Wildman–Crippen LogP) is 2.96. The van der Waals surface area contributed by atoms with Gasteiger partial charge in [-0.3, -0.25) is 0 Å². The van der Waals surface area contributed by atoms with E-state index in [1.807, 2.05) is 18.2 Å². The molecule has 0 amide bonds. The van der Waals surface area contributed by atoms with Gasteiger partial charge in [0.2, 0.25) is 0 Å². The standard InChI is InChI=1S/C15H20N2O/c1-4-11(2)17(3)15-14-8-6-5-7-13(14)12(10-18)9-16-15/h5-9,11,18H,4,10H2,1-3H3. The fourth-order valence-corrected chi connectivity index (χ4v) is 2.13. The van der Waals surface area contributed by atoms with E-state index in [0.717, 1.165) is 28.6 Å². The summed E-state index contributed by atoms with van der Waals surface area (Å²) in [5, 5.41) is 11.6. The van der Waals surface area contributed by atoms with E-state index in [2.05, 4.69) is 36.8 Å². The number of hydrogen-bond acceptors (Lipinski definition) is 3. The van der Waals surface area contributed by atoms with Gasteiger partial charge in [0.15, 0.2) is 0 Å². The molecule has 0 aliphatic rings. The van der Waals surface area contributed by atoms with E-state index in [1.165, 1.54) is 0 Å². The van der Waals surface area contributed by atoms with Gasteiger partial charge in [-0.05, 0) is 18.7 Å². The minimum absolute atomic E-state index is 0.0286. The van der Waals surface area contributed by atoms with Crippen molar-refractivity contribution >= 4 is 16.6 Å². The SMILES string of the molecule is CCC(C)N(C)c1ncc(CO)c2ccccc12. The Morgan fingerprint density at radius 3 is 2.56 bits per heavy atom. The van der Waals surface area contributed by atoms with Gasteiger partial charge in [-0.25, -0.2) is 4.98 Å². The lowest BCUT2D eigenvalue weighted by atomic mass is 10.1. The number of anilines is 1. The molecule has 1 heterocycles. The molecule has 1 aromatic carbocycles. The molecule has 0 saturated carbocycles. The van der Waals surface area contributed by atoms with Crippen molar-refractivity contribution in [3.63, 3.8) is 0 Å². The molecule has 96 valence electrons. The van der Waals surface area contributed by atoms with Crippen LogP contribution in [0.2, 0.25) is 0 Å². The maximum absolute atomic E-state index is 9.37. The Labute approximate surface area is 108 Å². The number of aliphatic hydroxyl groups excluding tert-OH is 1. The summed E-state index contributed by atoms with van der Waals surface area (Å²) < 4.78 is 0. The van der Waals surface area contributed by atoms with Crippen LogP contribution in [0.4, 0.5) is 5.82 Å². The van der Waals surface area contributed by atoms with Gasteiger partial charge in [0, 0.05) is 30.2 Å². The van der Waals surface area contributed by atoms with E-state index in [9.17, 15) is 5.11 Å². The Morgan fingerprint density at radius 1 is 1.28 bits per heavy atom. The maximum Gasteiger partial charge on any atom is 0.136 e. The molecule has 18 heavy (non-hydrogen) atoms. The number of benzene rings is 1. The molecule has 2 rings (SSSR count). The van der Waals surface area contributed by atoms with Crippen molar-refractivity contribution in [2.24, 2.45) is 0 Å². The molecule has 1 N–H and O–H groups in total. The first-order valence-electron chi connectivity index (χ1n) is 6.39. The molecule has 0 fully saturated rings. The third-order valence-corrected chi connectivity index (χ3v) is 3.61. The molecule has 0 aliphatic carbocycles. The fraction of sp³-hybridized carbons (Fsp3) is 0.400. The Balaban J connectivity index is 2.59. The summed E-state index contributed by atoms with van der Waals surface area (Å²) in [6, 6.07) is 8.56. The number of rotatable bonds is 4. The Morgan fingerprint density at radius 2 is 1.94 bits per heavy atom. The van der Waals surface area contributed by atoms with Crippen molar-refractivity contribution in [1.82, 2.24) is 4.98 Å². The summed E-state index contributed by atoms with van der Waals surface area (Å²) in [4.78, 5) is 6.71. The minimum Gasteiger partial charge on any atom is -0.392 e. The lowest BCUT2D eigenvalue weighted by Crippen LogP contribution is -2.29. The molecule has 0 bridgehead atoms. The fourth-order valence-electron chi connectivity index (χ4n) is 2.13. The molecule has 2 aromatic rings. The molecule has 1 unspecified atom stereocenters. The number of nitrogens with zero attached hydrogens (tertiary/aromatic N) is 2. The Hall–Kier alpha value is -1.61. The highest BCUT2D eigenvalue weighted by atomic mass is 16.3. The third-order valence-electron chi connectivity index (χ3n) is 3.61. The summed E-state index contributed by atoms with van der Waals surface area (Å²) in [5.74, 6) is 0.983. The summed E-state index contributed by atoms with van der Waals surface area (Å²) in [5.41, 5.74) is 0.881. The van der Waals surface area contributed by atoms with E-state index in [4.69, 9.17) is 0 Å². The zero-order chi connectivity index (χ0) is 13.1. The van der Waals surface area contributed by atoms with Crippen molar-refractivity contribution in [2.45, 2.75) is 32.9 Å². The molecule has 3 nitrogen and oxygen atoms in total. The second-order valence-electron chi connectivity index (χ2n) is 4.68. The smallest absolute Gasteiger partial charge is 0.136 e. The second-order valence-corrected chi connectivity index (χ2v) is 4.68. The first kappa shape index (κ1) is 12.8. The number of aromatic nitrogens is 1. The highest BCUT2D eigenvalue weighted by molar-refractivity contribution is 5.94. The van der Waals surface area contributed by atoms with E-state index in [0.29, 0.717) is 6.04 Å². The summed E-state index contributed by atoms with van der Waals surface area (Å²) >= 11 is 0. The minimum atomic E-state index is 0.0286. The monoisotopic (exact) mass is 244 g/mol. The number of pyridine rings is 1. The number of aliphatic hydroxyl groups is 1. The van der Waals surface area contributed by atoms with Gasteiger partial charge in [0.1, 0.15) is 5.82 Å². The van der Waals surface area contributed by atoms with E-state index < -0.39 is 0 Å². The van der Waals surface area contributed by atoms with Crippen molar-refractivity contribution in [1.29, 1.82) is 0 Å². The van der Waals surface area contributed by atoms with Gasteiger partial charge in [-0.15, -0.1) is 0 Å². The molecule has 1 atom stereocenters. The van der Waals surface area contributed by atoms with E-state index >= 15 is 0 Å². The van der Waals surface area contributed by atoms with Gasteiger partial charge in [0.25, 0.3) is 0 Å². The van der Waals surface area contributed by atoms with Crippen molar-refractivity contribution in [2.75, 3.05) is 11.9 Å². The van der Waals surface area contributed by atoms with Crippen molar-refractivity contribution < 1.29 is 5.11 Å². The van der Waals surface area contributed by atoms with Crippen LogP contribution < -0.4 is 4.90 Å². The third kappa shape index (κ3) is 2.18. The van der Waals surface area contributed by atoms with Crippen LogP contribution in [0.5, 0.6) is 0 Å². The molecule has 0 spiro atoms. The predicted molar refractivity (Wildman–Crippen MR) is 75.8 cm³/mol. The quantitative estimate of drug-likeness (QED) is 0.898. The van der Waals surface area contributed by atoms with Crippen LogP contribution >= 0.6 is 0 Å². The van der Waals surface area contributed by atoms with Crippen molar-refractivity contribution in [3.05, 3.63) is 36.0 Å². The largest absolute Gasteiger partial charge is 0.392 e. The molecule has 0 saturated heterocycles. The molecular formula is C15H20N2O. The van der Waals surface area contributed by atoms with Crippen LogP contribution in [0.1, 0.15) is 25.8 Å². The molecule has 0 aliphatic heterocycles. The normalized spacial score (nSPS) is 12.7. The van der Waals surface area contributed by atoms with E-state index in [-0.39, 0.29) is 6.61 Å². The zero-order valence-corrected chi connectivity index (χ0v) is 11.2. The lowest BCUT2D eigenvalue weighted by molar-refractivity contribution is 0.283. The number of fused-ring (bicyclic) bond motifs is 1. The van der Waals surface area contributed by atoms with Crippen LogP contribution in [0.3, 0.4) is 0 Å². The van der Waals surface area contributed by atoms with E-state index in [1.54, 1.807) is 6.20 Å². The van der Waals surface area contributed by atoms with Crippen LogP contribution in [-0.4, -0.2) is 23.2 Å². The average Bonchev–Trinajstić information content (AvgIpc) is 2.44. The topological polar surface area (TPSA) is 36.4 Å². The van der Waals surface area contributed by atoms with Gasteiger partial charge < -0.3 is 10.0 Å². The van der Waals surface area contributed by atoms with Gasteiger partial charge in [-0.2, -0.15) is 0 Å². The van der Waals surface area contributed by atoms with Crippen molar-refractivity contribution in [3.8, 4) is 0 Å². The molecule has 1 aromatic heterocycles. The summed E-state index contributed by atoms with van der Waals surface area (Å²) in [7, 11) is 2.07. The molecule has 3 heteroatoms. The highest BCUT2D eigenvalue weighted by Gasteiger charge is 2.13. The molecule has 0 radical (unpaired) electrons. The van der Waals surface area contributed by atoms with Crippen LogP contribution in [0.25, 0.3) is 10.8 Å². The van der Waals surface area contributed by atoms with Gasteiger partial charge in [-0.1, -0.05) is 31.2 Å².